The second-order valence-corrected chi connectivity index (χ2v) is 8.18. The van der Waals surface area contributed by atoms with Gasteiger partial charge in [-0.25, -0.2) is 13.4 Å². The molecule has 0 fully saturated rings. The van der Waals surface area contributed by atoms with Crippen LogP contribution in [0.2, 0.25) is 0 Å². The van der Waals surface area contributed by atoms with Crippen molar-refractivity contribution in [3.05, 3.63) is 54.1 Å². The van der Waals surface area contributed by atoms with E-state index in [0.29, 0.717) is 10.7 Å². The van der Waals surface area contributed by atoms with Gasteiger partial charge in [0.15, 0.2) is 15.0 Å². The van der Waals surface area contributed by atoms with Crippen LogP contribution in [0.25, 0.3) is 10.2 Å². The topological polar surface area (TPSA) is 76.1 Å². The van der Waals surface area contributed by atoms with Crippen molar-refractivity contribution in [2.75, 3.05) is 11.1 Å². The molecule has 3 rings (SSSR count). The quantitative estimate of drug-likeness (QED) is 0.786. The highest BCUT2D eigenvalue weighted by Crippen LogP contribution is 2.26. The van der Waals surface area contributed by atoms with Gasteiger partial charge in [-0.2, -0.15) is 0 Å². The van der Waals surface area contributed by atoms with E-state index in [9.17, 15) is 13.2 Å². The van der Waals surface area contributed by atoms with Gasteiger partial charge in [-0.1, -0.05) is 36.5 Å². The van der Waals surface area contributed by atoms with Gasteiger partial charge in [0, 0.05) is 5.56 Å². The molecule has 0 saturated heterocycles. The van der Waals surface area contributed by atoms with E-state index in [2.05, 4.69) is 10.3 Å². The minimum absolute atomic E-state index is 0.00403. The average molecular weight is 346 g/mol. The van der Waals surface area contributed by atoms with Gasteiger partial charge in [-0.3, -0.25) is 10.1 Å². The van der Waals surface area contributed by atoms with Crippen molar-refractivity contribution in [3.8, 4) is 0 Å². The summed E-state index contributed by atoms with van der Waals surface area (Å²) in [6.07, 6.45) is 0. The van der Waals surface area contributed by atoms with Crippen molar-refractivity contribution in [1.82, 2.24) is 4.98 Å². The monoisotopic (exact) mass is 346 g/mol. The van der Waals surface area contributed by atoms with E-state index in [1.54, 1.807) is 19.1 Å². The Morgan fingerprint density at radius 1 is 1.17 bits per heavy atom. The van der Waals surface area contributed by atoms with Crippen LogP contribution in [0.3, 0.4) is 0 Å². The first kappa shape index (κ1) is 15.6. The van der Waals surface area contributed by atoms with Crippen LogP contribution in [0, 0.1) is 0 Å². The third kappa shape index (κ3) is 3.25. The zero-order chi connectivity index (χ0) is 16.4. The molecule has 0 spiro atoms. The summed E-state index contributed by atoms with van der Waals surface area (Å²) in [6.45, 7) is 1.57. The van der Waals surface area contributed by atoms with Crippen LogP contribution in [-0.2, 0) is 9.84 Å². The zero-order valence-corrected chi connectivity index (χ0v) is 13.9. The predicted octanol–water partition coefficient (Wildman–Crippen LogP) is 3.34. The molecule has 0 saturated carbocycles. The highest BCUT2D eigenvalue weighted by atomic mass is 32.2. The molecule has 0 bridgehead atoms. The van der Waals surface area contributed by atoms with Gasteiger partial charge in [-0.15, -0.1) is 0 Å². The Morgan fingerprint density at radius 2 is 1.96 bits per heavy atom. The fourth-order valence-electron chi connectivity index (χ4n) is 2.09. The number of thiazole rings is 1. The van der Waals surface area contributed by atoms with E-state index in [1.165, 1.54) is 23.5 Å². The first-order chi connectivity index (χ1) is 11.0. The summed E-state index contributed by atoms with van der Waals surface area (Å²) in [5.41, 5.74) is 1.11. The number of hydrogen-bond acceptors (Lipinski definition) is 5. The maximum absolute atomic E-state index is 12.3. The van der Waals surface area contributed by atoms with Crippen molar-refractivity contribution >= 4 is 42.4 Å². The van der Waals surface area contributed by atoms with Crippen molar-refractivity contribution in [2.24, 2.45) is 0 Å². The van der Waals surface area contributed by atoms with Gasteiger partial charge in [0.25, 0.3) is 5.91 Å². The van der Waals surface area contributed by atoms with Crippen molar-refractivity contribution in [1.29, 1.82) is 0 Å². The second-order valence-electron chi connectivity index (χ2n) is 4.87. The fraction of sp³-hybridized carbons (Fsp3) is 0.125. The normalized spacial score (nSPS) is 11.5. The summed E-state index contributed by atoms with van der Waals surface area (Å²) >= 11 is 1.37. The lowest BCUT2D eigenvalue weighted by atomic mass is 10.2. The van der Waals surface area contributed by atoms with Crippen LogP contribution in [0.5, 0.6) is 0 Å². The van der Waals surface area contributed by atoms with E-state index in [1.807, 2.05) is 24.3 Å². The number of sulfone groups is 1. The summed E-state index contributed by atoms with van der Waals surface area (Å²) in [5.74, 6) is -0.382. The number of carbonyl (C=O) groups is 1. The van der Waals surface area contributed by atoms with Crippen LogP contribution in [0.4, 0.5) is 5.13 Å². The third-order valence-electron chi connectivity index (χ3n) is 3.35. The lowest BCUT2D eigenvalue weighted by Gasteiger charge is -2.05. The number of para-hydroxylation sites is 1. The molecule has 0 radical (unpaired) electrons. The summed E-state index contributed by atoms with van der Waals surface area (Å²) < 4.78 is 24.8. The van der Waals surface area contributed by atoms with E-state index in [-0.39, 0.29) is 16.6 Å². The molecule has 0 atom stereocenters. The molecule has 1 heterocycles. The smallest absolute Gasteiger partial charge is 0.257 e. The Hall–Kier alpha value is -2.25. The molecule has 118 valence electrons. The Morgan fingerprint density at radius 3 is 2.70 bits per heavy atom. The molecule has 23 heavy (non-hydrogen) atoms. The molecule has 2 aromatic carbocycles. The van der Waals surface area contributed by atoms with Gasteiger partial charge in [-0.05, 0) is 30.3 Å². The molecule has 3 aromatic rings. The highest BCUT2D eigenvalue weighted by molar-refractivity contribution is 7.91. The van der Waals surface area contributed by atoms with Gasteiger partial charge >= 0.3 is 0 Å². The lowest BCUT2D eigenvalue weighted by Crippen LogP contribution is -2.13. The number of anilines is 1. The van der Waals surface area contributed by atoms with E-state index >= 15 is 0 Å². The van der Waals surface area contributed by atoms with Crippen LogP contribution < -0.4 is 5.32 Å². The molecule has 1 N–H and O–H groups in total. The maximum Gasteiger partial charge on any atom is 0.257 e. The summed E-state index contributed by atoms with van der Waals surface area (Å²) in [4.78, 5) is 16.8. The zero-order valence-electron chi connectivity index (χ0n) is 12.3. The van der Waals surface area contributed by atoms with Crippen molar-refractivity contribution in [2.45, 2.75) is 11.8 Å². The van der Waals surface area contributed by atoms with Gasteiger partial charge < -0.3 is 0 Å². The average Bonchev–Trinajstić information content (AvgIpc) is 2.97. The minimum Gasteiger partial charge on any atom is -0.298 e. The number of nitrogens with zero attached hydrogens (tertiary/aromatic N) is 1. The SMILES string of the molecule is CCS(=O)(=O)c1cccc(C(=O)Nc2nc3ccccc3s2)c1. The van der Waals surface area contributed by atoms with Gasteiger partial charge in [0.05, 0.1) is 20.9 Å². The van der Waals surface area contributed by atoms with Crippen LogP contribution in [-0.4, -0.2) is 25.1 Å². The standard InChI is InChI=1S/C16H14N2O3S2/c1-2-23(20,21)12-7-5-6-11(10-12)15(19)18-16-17-13-8-3-4-9-14(13)22-16/h3-10H,2H2,1H3,(H,17,18,19). The number of benzene rings is 2. The summed E-state index contributed by atoms with van der Waals surface area (Å²) in [7, 11) is -3.34. The fourth-order valence-corrected chi connectivity index (χ4v) is 3.88. The number of aromatic nitrogens is 1. The number of amides is 1. The van der Waals surface area contributed by atoms with Crippen LogP contribution in [0.1, 0.15) is 17.3 Å². The molecule has 0 aliphatic rings. The molecule has 0 aliphatic heterocycles. The Bertz CT molecular complexity index is 945. The Balaban J connectivity index is 1.87. The van der Waals surface area contributed by atoms with Crippen molar-refractivity contribution < 1.29 is 13.2 Å². The Labute approximate surface area is 137 Å². The predicted molar refractivity (Wildman–Crippen MR) is 91.7 cm³/mol. The van der Waals surface area contributed by atoms with E-state index in [4.69, 9.17) is 0 Å². The molecule has 0 unspecified atom stereocenters. The number of nitrogens with one attached hydrogen (secondary N) is 1. The lowest BCUT2D eigenvalue weighted by molar-refractivity contribution is 0.102. The van der Waals surface area contributed by atoms with Gasteiger partial charge in [0.1, 0.15) is 0 Å². The second kappa shape index (κ2) is 6.10. The molecular weight excluding hydrogens is 332 g/mol. The Kier molecular flexibility index (Phi) is 4.14. The van der Waals surface area contributed by atoms with Crippen molar-refractivity contribution in [3.63, 3.8) is 0 Å². The molecule has 1 amide bonds. The number of rotatable bonds is 4. The molecule has 5 nitrogen and oxygen atoms in total. The summed E-state index contributed by atoms with van der Waals surface area (Å²) in [6, 6.07) is 13.6. The molecule has 1 aromatic heterocycles. The molecule has 7 heteroatoms. The van der Waals surface area contributed by atoms with E-state index in [0.717, 1.165) is 10.2 Å². The first-order valence-electron chi connectivity index (χ1n) is 6.99. The van der Waals surface area contributed by atoms with Crippen LogP contribution >= 0.6 is 11.3 Å². The third-order valence-corrected chi connectivity index (χ3v) is 6.03. The molecule has 0 aliphatic carbocycles. The minimum atomic E-state index is -3.34. The number of hydrogen-bond donors (Lipinski definition) is 1. The summed E-state index contributed by atoms with van der Waals surface area (Å²) in [5, 5.41) is 3.20. The number of fused-ring (bicyclic) bond motifs is 1. The van der Waals surface area contributed by atoms with E-state index < -0.39 is 9.84 Å². The largest absolute Gasteiger partial charge is 0.298 e. The van der Waals surface area contributed by atoms with Gasteiger partial charge in [0.2, 0.25) is 0 Å². The first-order valence-corrected chi connectivity index (χ1v) is 9.46. The number of carbonyl (C=O) groups excluding carboxylic acids is 1. The maximum atomic E-state index is 12.3. The highest BCUT2D eigenvalue weighted by Gasteiger charge is 2.15. The van der Waals surface area contributed by atoms with Crippen LogP contribution in [0.15, 0.2) is 53.4 Å². The molecular formula is C16H14N2O3S2.